The topological polar surface area (TPSA) is 84.4 Å². The van der Waals surface area contributed by atoms with Crippen LogP contribution in [0.2, 0.25) is 0 Å². The van der Waals surface area contributed by atoms with Crippen molar-refractivity contribution in [2.24, 2.45) is 0 Å². The summed E-state index contributed by atoms with van der Waals surface area (Å²) in [6, 6.07) is 0. The van der Waals surface area contributed by atoms with E-state index in [4.69, 9.17) is 4.52 Å². The molecule has 0 bridgehead atoms. The largest absolute Gasteiger partial charge is 0.369 e. The van der Waals surface area contributed by atoms with Crippen molar-refractivity contribution in [1.82, 2.24) is 14.8 Å². The molecule has 0 aliphatic heterocycles. The van der Waals surface area contributed by atoms with Crippen molar-refractivity contribution in [3.05, 3.63) is 39.7 Å². The highest BCUT2D eigenvalue weighted by atomic mass is 32.2. The van der Waals surface area contributed by atoms with Gasteiger partial charge >= 0.3 is 0 Å². The summed E-state index contributed by atoms with van der Waals surface area (Å²) < 4.78 is 6.84. The Morgan fingerprint density at radius 3 is 2.95 bits per heavy atom. The van der Waals surface area contributed by atoms with E-state index in [9.17, 15) is 10.1 Å². The van der Waals surface area contributed by atoms with Crippen molar-refractivity contribution < 1.29 is 9.45 Å². The molecule has 0 saturated heterocycles. The summed E-state index contributed by atoms with van der Waals surface area (Å²) in [5.41, 5.74) is 1.06. The molecule has 0 saturated carbocycles. The van der Waals surface area contributed by atoms with Crippen LogP contribution in [-0.4, -0.2) is 33.7 Å². The average molecular weight is 286 g/mol. The number of aromatic nitrogens is 1. The van der Waals surface area contributed by atoms with Crippen molar-refractivity contribution in [3.63, 3.8) is 0 Å². The van der Waals surface area contributed by atoms with E-state index in [1.54, 1.807) is 13.2 Å². The maximum atomic E-state index is 10.5. The van der Waals surface area contributed by atoms with E-state index in [1.165, 1.54) is 11.9 Å². The fraction of sp³-hybridized carbons (Fsp3) is 0.545. The second kappa shape index (κ2) is 7.67. The molecule has 1 N–H and O–H groups in total. The Balaban J connectivity index is 2.53. The van der Waals surface area contributed by atoms with E-state index in [0.29, 0.717) is 12.4 Å². The molecule has 19 heavy (non-hydrogen) atoms. The van der Waals surface area contributed by atoms with Crippen molar-refractivity contribution in [3.8, 4) is 0 Å². The van der Waals surface area contributed by atoms with Crippen LogP contribution in [0.15, 0.2) is 22.7 Å². The lowest BCUT2D eigenvalue weighted by molar-refractivity contribution is -0.404. The number of nitrogens with zero attached hydrogens (tertiary/aromatic N) is 3. The molecule has 1 rings (SSSR count). The van der Waals surface area contributed by atoms with Crippen molar-refractivity contribution >= 4 is 11.9 Å². The Labute approximate surface area is 116 Å². The van der Waals surface area contributed by atoms with E-state index in [2.05, 4.69) is 10.5 Å². The maximum Gasteiger partial charge on any atom is 0.275 e. The summed E-state index contributed by atoms with van der Waals surface area (Å²) in [6.07, 6.45) is 3.49. The number of hydrogen-bond donors (Lipinski definition) is 1. The first-order valence-electron chi connectivity index (χ1n) is 5.92. The zero-order valence-electron chi connectivity index (χ0n) is 11.3. The number of nitro groups is 1. The van der Waals surface area contributed by atoms with Gasteiger partial charge in [0, 0.05) is 24.9 Å². The fourth-order valence-electron chi connectivity index (χ4n) is 1.51. The normalized spacial score (nSPS) is 11.4. The summed E-state index contributed by atoms with van der Waals surface area (Å²) in [6.45, 7) is 4.49. The molecule has 0 radical (unpaired) electrons. The third-order valence-corrected chi connectivity index (χ3v) is 3.66. The van der Waals surface area contributed by atoms with E-state index < -0.39 is 4.92 Å². The molecular formula is C11H18N4O3S. The zero-order valence-corrected chi connectivity index (χ0v) is 12.1. The average Bonchev–Trinajstić information content (AvgIpc) is 2.78. The summed E-state index contributed by atoms with van der Waals surface area (Å²) in [4.78, 5) is 10.1. The van der Waals surface area contributed by atoms with Crippen LogP contribution >= 0.6 is 11.9 Å². The van der Waals surface area contributed by atoms with Crippen molar-refractivity contribution in [1.29, 1.82) is 0 Å². The summed E-state index contributed by atoms with van der Waals surface area (Å²) in [7, 11) is 1.67. The van der Waals surface area contributed by atoms with Crippen molar-refractivity contribution in [2.45, 2.75) is 20.3 Å². The lowest BCUT2D eigenvalue weighted by atomic mass is 10.2. The van der Waals surface area contributed by atoms with E-state index >= 15 is 0 Å². The third-order valence-electron chi connectivity index (χ3n) is 2.51. The van der Waals surface area contributed by atoms with Crippen LogP contribution in [0.5, 0.6) is 0 Å². The second-order valence-corrected chi connectivity index (χ2v) is 4.84. The number of aryl methyl sites for hydroxylation is 2. The summed E-state index contributed by atoms with van der Waals surface area (Å²) in [5, 5.41) is 17.1. The molecule has 7 nitrogen and oxygen atoms in total. The monoisotopic (exact) mass is 286 g/mol. The molecule has 1 heterocycles. The third kappa shape index (κ3) is 4.82. The minimum atomic E-state index is -0.459. The Kier molecular flexibility index (Phi) is 6.20. The van der Waals surface area contributed by atoms with E-state index in [-0.39, 0.29) is 0 Å². The highest BCUT2D eigenvalue weighted by Gasteiger charge is 2.11. The Morgan fingerprint density at radius 2 is 2.47 bits per heavy atom. The molecule has 0 aliphatic rings. The fourth-order valence-corrected chi connectivity index (χ4v) is 2.50. The predicted molar refractivity (Wildman–Crippen MR) is 73.9 cm³/mol. The van der Waals surface area contributed by atoms with Gasteiger partial charge in [-0.15, -0.1) is 0 Å². The van der Waals surface area contributed by atoms with Crippen LogP contribution in [-0.2, 0) is 6.42 Å². The van der Waals surface area contributed by atoms with Gasteiger partial charge in [-0.2, -0.15) is 0 Å². The standard InChI is InChI=1S/C11H18N4O3S/c1-4-14(11(12-3)8-15(16)17)19-6-5-10-7-13-18-9(10)2/h7-8,12H,4-6H2,1-3H3. The molecule has 0 amide bonds. The molecule has 0 aromatic carbocycles. The smallest absolute Gasteiger partial charge is 0.275 e. The van der Waals surface area contributed by atoms with E-state index in [1.807, 2.05) is 18.2 Å². The number of nitrogens with one attached hydrogen (secondary N) is 1. The van der Waals surface area contributed by atoms with Gasteiger partial charge in [-0.1, -0.05) is 5.16 Å². The molecule has 8 heteroatoms. The molecule has 106 valence electrons. The number of rotatable bonds is 8. The van der Waals surface area contributed by atoms with Crippen molar-refractivity contribution in [2.75, 3.05) is 19.3 Å². The molecule has 0 unspecified atom stereocenters. The second-order valence-electron chi connectivity index (χ2n) is 3.73. The predicted octanol–water partition coefficient (Wildman–Crippen LogP) is 1.79. The van der Waals surface area contributed by atoms with Gasteiger partial charge in [0.05, 0.1) is 11.1 Å². The van der Waals surface area contributed by atoms with Gasteiger partial charge in [-0.05, 0) is 32.2 Å². The SMILES string of the molecule is CCN(SCCc1cnoc1C)C(=C[N+](=O)[O-])NC. The molecule has 1 aromatic heterocycles. The molecule has 0 atom stereocenters. The summed E-state index contributed by atoms with van der Waals surface area (Å²) in [5.74, 6) is 2.10. The van der Waals surface area contributed by atoms with Gasteiger partial charge in [0.25, 0.3) is 6.20 Å². The minimum absolute atomic E-state index is 0.459. The number of hydrogen-bond acceptors (Lipinski definition) is 7. The van der Waals surface area contributed by atoms with Crippen LogP contribution in [0.25, 0.3) is 0 Å². The maximum absolute atomic E-state index is 10.5. The van der Waals surface area contributed by atoms with Crippen LogP contribution in [0.4, 0.5) is 0 Å². The van der Waals surface area contributed by atoms with Crippen LogP contribution in [0, 0.1) is 17.0 Å². The van der Waals surface area contributed by atoms with Gasteiger partial charge in [-0.25, -0.2) is 0 Å². The minimum Gasteiger partial charge on any atom is -0.369 e. The molecule has 0 spiro atoms. The molecular weight excluding hydrogens is 268 g/mol. The quantitative estimate of drug-likeness (QED) is 0.443. The molecule has 0 aliphatic carbocycles. The highest BCUT2D eigenvalue weighted by molar-refractivity contribution is 7.97. The first-order chi connectivity index (χ1) is 9.08. The Morgan fingerprint density at radius 1 is 1.74 bits per heavy atom. The van der Waals surface area contributed by atoms with Gasteiger partial charge in [-0.3, -0.25) is 14.4 Å². The van der Waals surface area contributed by atoms with Crippen LogP contribution < -0.4 is 5.32 Å². The van der Waals surface area contributed by atoms with E-state index in [0.717, 1.165) is 29.7 Å². The van der Waals surface area contributed by atoms with Gasteiger partial charge < -0.3 is 9.84 Å². The summed E-state index contributed by atoms with van der Waals surface area (Å²) >= 11 is 1.53. The van der Waals surface area contributed by atoms with Gasteiger partial charge in [0.1, 0.15) is 5.76 Å². The highest BCUT2D eigenvalue weighted by Crippen LogP contribution is 2.18. The Bertz CT molecular complexity index is 447. The van der Waals surface area contributed by atoms with Gasteiger partial charge in [0.15, 0.2) is 5.82 Å². The lowest BCUT2D eigenvalue weighted by Crippen LogP contribution is -2.25. The Hall–Kier alpha value is -1.70. The first-order valence-corrected chi connectivity index (χ1v) is 6.86. The van der Waals surface area contributed by atoms with Gasteiger partial charge in [0.2, 0.25) is 0 Å². The lowest BCUT2D eigenvalue weighted by Gasteiger charge is -2.22. The molecule has 0 fully saturated rings. The first kappa shape index (κ1) is 15.4. The zero-order chi connectivity index (χ0) is 14.3. The van der Waals surface area contributed by atoms with Crippen LogP contribution in [0.3, 0.4) is 0 Å². The molecule has 1 aromatic rings. The van der Waals surface area contributed by atoms with Crippen LogP contribution in [0.1, 0.15) is 18.2 Å².